The van der Waals surface area contributed by atoms with Gasteiger partial charge in [-0.05, 0) is 66.8 Å². The first-order valence-electron chi connectivity index (χ1n) is 12.9. The van der Waals surface area contributed by atoms with Crippen molar-refractivity contribution in [3.63, 3.8) is 0 Å². The molecule has 7 nitrogen and oxygen atoms in total. The van der Waals surface area contributed by atoms with Gasteiger partial charge in [-0.25, -0.2) is 4.79 Å². The summed E-state index contributed by atoms with van der Waals surface area (Å²) >= 11 is 6.36. The van der Waals surface area contributed by atoms with E-state index >= 15 is 0 Å². The number of carbonyl (C=O) groups excluding carboxylic acids is 1. The zero-order chi connectivity index (χ0) is 26.5. The topological polar surface area (TPSA) is 69.3 Å². The van der Waals surface area contributed by atoms with Gasteiger partial charge in [-0.3, -0.25) is 4.90 Å². The van der Waals surface area contributed by atoms with Crippen molar-refractivity contribution in [1.82, 2.24) is 10.2 Å². The molecule has 1 N–H and O–H groups in total. The Morgan fingerprint density at radius 1 is 1.03 bits per heavy atom. The number of allylic oxidation sites excluding steroid dienone is 2. The maximum atomic E-state index is 13.5. The smallest absolute Gasteiger partial charge is 0.416 e. The molecule has 1 amide bonds. The fourth-order valence-corrected chi connectivity index (χ4v) is 5.29. The number of hydrogen-bond donors (Lipinski definition) is 1. The number of methoxy groups -OCH3 is 1. The Balaban J connectivity index is 1.37. The van der Waals surface area contributed by atoms with Crippen LogP contribution in [0.4, 0.5) is 4.79 Å². The molecular weight excluding hydrogens is 504 g/mol. The number of benzene rings is 2. The average molecular weight is 537 g/mol. The molecule has 200 valence electrons. The van der Waals surface area contributed by atoms with Crippen LogP contribution in [0.25, 0.3) is 0 Å². The lowest BCUT2D eigenvalue weighted by Crippen LogP contribution is -2.43. The lowest BCUT2D eigenvalue weighted by atomic mass is 9.89. The molecule has 2 aromatic rings. The lowest BCUT2D eigenvalue weighted by molar-refractivity contribution is 0.0544. The van der Waals surface area contributed by atoms with E-state index in [0.29, 0.717) is 38.7 Å². The zero-order valence-corrected chi connectivity index (χ0v) is 22.5. The number of rotatable bonds is 9. The Hall–Kier alpha value is -3.26. The first-order chi connectivity index (χ1) is 18.5. The van der Waals surface area contributed by atoms with E-state index in [-0.39, 0.29) is 18.2 Å². The number of nitrogens with zero attached hydrogens (tertiary/aromatic N) is 1. The van der Waals surface area contributed by atoms with Crippen LogP contribution in [-0.4, -0.2) is 57.1 Å². The third-order valence-electron chi connectivity index (χ3n) is 6.99. The molecule has 8 heteroatoms. The minimum atomic E-state index is -0.374. The van der Waals surface area contributed by atoms with E-state index in [4.69, 9.17) is 30.5 Å². The van der Waals surface area contributed by atoms with Gasteiger partial charge in [0.2, 0.25) is 0 Å². The zero-order valence-electron chi connectivity index (χ0n) is 21.7. The highest BCUT2D eigenvalue weighted by molar-refractivity contribution is 6.31. The van der Waals surface area contributed by atoms with E-state index < -0.39 is 0 Å². The molecule has 0 aromatic heterocycles. The van der Waals surface area contributed by atoms with Gasteiger partial charge in [-0.2, -0.15) is 0 Å². The van der Waals surface area contributed by atoms with Gasteiger partial charge in [0, 0.05) is 24.4 Å². The molecule has 2 unspecified atom stereocenters. The maximum Gasteiger partial charge on any atom is 0.416 e. The normalized spacial score (nSPS) is 20.2. The largest absolute Gasteiger partial charge is 0.491 e. The van der Waals surface area contributed by atoms with Gasteiger partial charge in [-0.1, -0.05) is 47.5 Å². The van der Waals surface area contributed by atoms with Gasteiger partial charge >= 0.3 is 6.09 Å². The van der Waals surface area contributed by atoms with Gasteiger partial charge in [0.1, 0.15) is 24.1 Å². The maximum absolute atomic E-state index is 13.5. The van der Waals surface area contributed by atoms with Crippen molar-refractivity contribution in [2.24, 2.45) is 0 Å². The second-order valence-corrected chi connectivity index (χ2v) is 10.00. The molecule has 2 atom stereocenters. The van der Waals surface area contributed by atoms with Crippen LogP contribution in [0.3, 0.4) is 0 Å². The summed E-state index contributed by atoms with van der Waals surface area (Å²) in [4.78, 5) is 15.3. The molecule has 0 radical (unpaired) electrons. The monoisotopic (exact) mass is 536 g/mol. The highest BCUT2D eigenvalue weighted by Crippen LogP contribution is 2.44. The summed E-state index contributed by atoms with van der Waals surface area (Å²) in [5.41, 5.74) is 5.58. The van der Waals surface area contributed by atoms with Crippen molar-refractivity contribution >= 4 is 17.7 Å². The standard InChI is InChI=1S/C30H33ClN2O5/c1-20-3-8-24(9-4-20)38-30(34)33-14-13-25-26-19-22(31)7-12-27(26)32-28(25)29(33)21-5-10-23(11-6-21)37-18-17-36-16-15-35-2/h3-11,19,27,29,32H,12-18H2,1-2H3. The first-order valence-corrected chi connectivity index (χ1v) is 13.3. The average Bonchev–Trinajstić information content (AvgIpc) is 3.29. The summed E-state index contributed by atoms with van der Waals surface area (Å²) in [5.74, 6) is 1.27. The van der Waals surface area contributed by atoms with E-state index in [1.165, 1.54) is 11.1 Å². The van der Waals surface area contributed by atoms with Crippen LogP contribution in [0.15, 0.2) is 82.6 Å². The summed E-state index contributed by atoms with van der Waals surface area (Å²) in [5, 5.41) is 4.46. The van der Waals surface area contributed by atoms with Crippen LogP contribution < -0.4 is 14.8 Å². The quantitative estimate of drug-likeness (QED) is 0.417. The number of aryl methyl sites for hydroxylation is 1. The molecule has 2 heterocycles. The molecule has 2 aliphatic heterocycles. The predicted octanol–water partition coefficient (Wildman–Crippen LogP) is 5.66. The molecule has 0 fully saturated rings. The molecule has 3 aliphatic rings. The summed E-state index contributed by atoms with van der Waals surface area (Å²) in [6.07, 6.45) is 5.26. The summed E-state index contributed by atoms with van der Waals surface area (Å²) in [7, 11) is 1.65. The summed E-state index contributed by atoms with van der Waals surface area (Å²) in [6, 6.07) is 15.3. The van der Waals surface area contributed by atoms with E-state index in [0.717, 1.165) is 40.4 Å². The van der Waals surface area contributed by atoms with Gasteiger partial charge in [0.05, 0.1) is 25.9 Å². The van der Waals surface area contributed by atoms with Gasteiger partial charge < -0.3 is 24.3 Å². The van der Waals surface area contributed by atoms with Crippen LogP contribution in [0.1, 0.15) is 30.0 Å². The molecule has 2 aromatic carbocycles. The van der Waals surface area contributed by atoms with Crippen molar-refractivity contribution in [1.29, 1.82) is 0 Å². The summed E-state index contributed by atoms with van der Waals surface area (Å²) < 4.78 is 22.1. The molecule has 5 rings (SSSR count). The number of halogens is 1. The number of carbonyl (C=O) groups is 1. The fourth-order valence-electron chi connectivity index (χ4n) is 5.09. The van der Waals surface area contributed by atoms with Crippen LogP contribution in [0, 0.1) is 6.92 Å². The minimum absolute atomic E-state index is 0.166. The SMILES string of the molecule is COCCOCCOc1ccc(C2C3=C(CCN2C(=O)Oc2ccc(C)cc2)C2=CC(Cl)=CCC2N3)cc1. The van der Waals surface area contributed by atoms with Crippen molar-refractivity contribution < 1.29 is 23.7 Å². The fraction of sp³-hybridized carbons (Fsp3) is 0.367. The lowest BCUT2D eigenvalue weighted by Gasteiger charge is -2.36. The third-order valence-corrected chi connectivity index (χ3v) is 7.26. The number of fused-ring (bicyclic) bond motifs is 2. The molecule has 38 heavy (non-hydrogen) atoms. The first kappa shape index (κ1) is 26.4. The molecule has 0 saturated carbocycles. The second-order valence-electron chi connectivity index (χ2n) is 9.56. The highest BCUT2D eigenvalue weighted by atomic mass is 35.5. The minimum Gasteiger partial charge on any atom is -0.491 e. The number of hydrogen-bond acceptors (Lipinski definition) is 6. The van der Waals surface area contributed by atoms with Crippen LogP contribution in [0.2, 0.25) is 0 Å². The van der Waals surface area contributed by atoms with Crippen molar-refractivity contribution in [3.05, 3.63) is 93.7 Å². The number of nitrogens with one attached hydrogen (secondary N) is 1. The van der Waals surface area contributed by atoms with E-state index in [1.807, 2.05) is 67.6 Å². The van der Waals surface area contributed by atoms with Crippen molar-refractivity contribution in [3.8, 4) is 11.5 Å². The predicted molar refractivity (Wildman–Crippen MR) is 146 cm³/mol. The Morgan fingerprint density at radius 2 is 1.76 bits per heavy atom. The Morgan fingerprint density at radius 3 is 2.53 bits per heavy atom. The number of ether oxygens (including phenoxy) is 4. The molecule has 0 spiro atoms. The summed E-state index contributed by atoms with van der Waals surface area (Å²) in [6.45, 7) is 4.57. The van der Waals surface area contributed by atoms with E-state index in [9.17, 15) is 4.79 Å². The molecule has 1 aliphatic carbocycles. The molecule has 0 saturated heterocycles. The highest BCUT2D eigenvalue weighted by Gasteiger charge is 2.42. The third kappa shape index (κ3) is 5.90. The Kier molecular flexibility index (Phi) is 8.37. The van der Waals surface area contributed by atoms with E-state index in [1.54, 1.807) is 12.0 Å². The van der Waals surface area contributed by atoms with E-state index in [2.05, 4.69) is 5.32 Å². The van der Waals surface area contributed by atoms with Gasteiger partial charge in [-0.15, -0.1) is 0 Å². The second kappa shape index (κ2) is 12.1. The Labute approximate surface area is 228 Å². The van der Waals surface area contributed by atoms with Crippen molar-refractivity contribution in [2.45, 2.75) is 31.8 Å². The van der Waals surface area contributed by atoms with Crippen LogP contribution in [0.5, 0.6) is 11.5 Å². The van der Waals surface area contributed by atoms with Crippen LogP contribution in [-0.2, 0) is 9.47 Å². The van der Waals surface area contributed by atoms with Crippen molar-refractivity contribution in [2.75, 3.05) is 40.1 Å². The van der Waals surface area contributed by atoms with Gasteiger partial charge in [0.25, 0.3) is 0 Å². The number of amides is 1. The van der Waals surface area contributed by atoms with Gasteiger partial charge in [0.15, 0.2) is 0 Å². The van der Waals surface area contributed by atoms with Crippen LogP contribution >= 0.6 is 11.6 Å². The molecule has 0 bridgehead atoms. The Bertz CT molecular complexity index is 1240. The molecular formula is C30H33ClN2O5.